The van der Waals surface area contributed by atoms with Crippen molar-refractivity contribution in [3.8, 4) is 0 Å². The minimum atomic E-state index is -0.176. The van der Waals surface area contributed by atoms with E-state index in [0.29, 0.717) is 19.0 Å². The summed E-state index contributed by atoms with van der Waals surface area (Å²) in [6.45, 7) is 1.37. The molecular formula is C13H20N2O3. The van der Waals surface area contributed by atoms with Gasteiger partial charge in [-0.3, -0.25) is 9.59 Å². The van der Waals surface area contributed by atoms with Crippen LogP contribution in [0.4, 0.5) is 0 Å². The SMILES string of the molecule is O=C1CC(C(=O)N2CCC[C@@H]2CO)CN1C1CC1. The Morgan fingerprint density at radius 1 is 1.33 bits per heavy atom. The van der Waals surface area contributed by atoms with Gasteiger partial charge in [-0.05, 0) is 25.7 Å². The molecule has 1 unspecified atom stereocenters. The van der Waals surface area contributed by atoms with Crippen LogP contribution in [0.1, 0.15) is 32.1 Å². The summed E-state index contributed by atoms with van der Waals surface area (Å²) < 4.78 is 0. The lowest BCUT2D eigenvalue weighted by atomic mass is 10.1. The second kappa shape index (κ2) is 4.53. The first-order valence-corrected chi connectivity index (χ1v) is 6.91. The highest BCUT2D eigenvalue weighted by Gasteiger charge is 2.44. The molecular weight excluding hydrogens is 232 g/mol. The van der Waals surface area contributed by atoms with Crippen molar-refractivity contribution in [2.45, 2.75) is 44.2 Å². The summed E-state index contributed by atoms with van der Waals surface area (Å²) in [5, 5.41) is 9.26. The van der Waals surface area contributed by atoms with Crippen LogP contribution in [0.3, 0.4) is 0 Å². The van der Waals surface area contributed by atoms with Crippen molar-refractivity contribution in [2.24, 2.45) is 5.92 Å². The number of nitrogens with zero attached hydrogens (tertiary/aromatic N) is 2. The van der Waals surface area contributed by atoms with Crippen LogP contribution in [0.25, 0.3) is 0 Å². The maximum Gasteiger partial charge on any atom is 0.228 e. The lowest BCUT2D eigenvalue weighted by molar-refractivity contribution is -0.137. The number of aliphatic hydroxyl groups is 1. The van der Waals surface area contributed by atoms with Gasteiger partial charge in [-0.2, -0.15) is 0 Å². The monoisotopic (exact) mass is 252 g/mol. The number of carbonyl (C=O) groups is 2. The van der Waals surface area contributed by atoms with Gasteiger partial charge in [-0.15, -0.1) is 0 Å². The Kier molecular flexibility index (Phi) is 3.01. The number of amides is 2. The van der Waals surface area contributed by atoms with E-state index >= 15 is 0 Å². The average molecular weight is 252 g/mol. The molecule has 5 heteroatoms. The van der Waals surface area contributed by atoms with Gasteiger partial charge in [0.05, 0.1) is 18.6 Å². The number of likely N-dealkylation sites (tertiary alicyclic amines) is 2. The van der Waals surface area contributed by atoms with Crippen molar-refractivity contribution in [3.63, 3.8) is 0 Å². The van der Waals surface area contributed by atoms with Gasteiger partial charge in [-0.25, -0.2) is 0 Å². The van der Waals surface area contributed by atoms with E-state index in [1.54, 1.807) is 4.90 Å². The molecule has 2 aliphatic heterocycles. The Morgan fingerprint density at radius 3 is 2.78 bits per heavy atom. The fraction of sp³-hybridized carbons (Fsp3) is 0.846. The average Bonchev–Trinajstić information content (AvgIpc) is 2.97. The number of rotatable bonds is 3. The summed E-state index contributed by atoms with van der Waals surface area (Å²) in [6, 6.07) is 0.380. The molecule has 0 aromatic heterocycles. The predicted octanol–water partition coefficient (Wildman–Crippen LogP) is -0.0194. The molecule has 1 N–H and O–H groups in total. The van der Waals surface area contributed by atoms with Gasteiger partial charge in [0, 0.05) is 25.6 Å². The quantitative estimate of drug-likeness (QED) is 0.768. The van der Waals surface area contributed by atoms with Crippen LogP contribution in [0.5, 0.6) is 0 Å². The van der Waals surface area contributed by atoms with Gasteiger partial charge in [-0.1, -0.05) is 0 Å². The minimum absolute atomic E-state index is 0.0254. The van der Waals surface area contributed by atoms with Crippen LogP contribution < -0.4 is 0 Å². The zero-order valence-corrected chi connectivity index (χ0v) is 10.5. The molecule has 2 heterocycles. The largest absolute Gasteiger partial charge is 0.394 e. The maximum atomic E-state index is 12.4. The van der Waals surface area contributed by atoms with Gasteiger partial charge in [0.1, 0.15) is 0 Å². The van der Waals surface area contributed by atoms with E-state index in [2.05, 4.69) is 0 Å². The van der Waals surface area contributed by atoms with Crippen LogP contribution in [-0.4, -0.2) is 58.5 Å². The number of aliphatic hydroxyl groups excluding tert-OH is 1. The standard InChI is InChI=1S/C13H20N2O3/c16-8-11-2-1-5-14(11)13(18)9-6-12(17)15(7-9)10-3-4-10/h9-11,16H,1-8H2/t9?,11-/m1/s1. The molecule has 1 aliphatic carbocycles. The van der Waals surface area contributed by atoms with Gasteiger partial charge in [0.15, 0.2) is 0 Å². The first-order valence-electron chi connectivity index (χ1n) is 6.91. The molecule has 3 fully saturated rings. The van der Waals surface area contributed by atoms with E-state index in [9.17, 15) is 14.7 Å². The summed E-state index contributed by atoms with van der Waals surface area (Å²) in [4.78, 5) is 27.9. The van der Waals surface area contributed by atoms with Crippen molar-refractivity contribution in [1.29, 1.82) is 0 Å². The van der Waals surface area contributed by atoms with Crippen molar-refractivity contribution in [1.82, 2.24) is 9.80 Å². The molecule has 3 rings (SSSR count). The Labute approximate surface area is 107 Å². The molecule has 2 atom stereocenters. The van der Waals surface area contributed by atoms with Gasteiger partial charge < -0.3 is 14.9 Å². The third-order valence-corrected chi connectivity index (χ3v) is 4.37. The van der Waals surface area contributed by atoms with Crippen molar-refractivity contribution >= 4 is 11.8 Å². The Hall–Kier alpha value is -1.10. The van der Waals surface area contributed by atoms with E-state index in [0.717, 1.165) is 32.2 Å². The smallest absolute Gasteiger partial charge is 0.228 e. The van der Waals surface area contributed by atoms with Gasteiger partial charge >= 0.3 is 0 Å². The molecule has 18 heavy (non-hydrogen) atoms. The summed E-state index contributed by atoms with van der Waals surface area (Å²) in [7, 11) is 0. The molecule has 5 nitrogen and oxygen atoms in total. The van der Waals surface area contributed by atoms with E-state index < -0.39 is 0 Å². The molecule has 0 spiro atoms. The molecule has 100 valence electrons. The lowest BCUT2D eigenvalue weighted by Crippen LogP contribution is -2.42. The normalized spacial score (nSPS) is 32.4. The summed E-state index contributed by atoms with van der Waals surface area (Å²) in [5.41, 5.74) is 0. The predicted molar refractivity (Wildman–Crippen MR) is 64.7 cm³/mol. The number of carbonyl (C=O) groups excluding carboxylic acids is 2. The first-order chi connectivity index (χ1) is 8.70. The third-order valence-electron chi connectivity index (χ3n) is 4.37. The Balaban J connectivity index is 1.64. The first kappa shape index (κ1) is 12.0. The Bertz CT molecular complexity index is 367. The van der Waals surface area contributed by atoms with E-state index in [1.165, 1.54) is 0 Å². The van der Waals surface area contributed by atoms with E-state index in [-0.39, 0.29) is 30.4 Å². The molecule has 2 saturated heterocycles. The van der Waals surface area contributed by atoms with Crippen LogP contribution >= 0.6 is 0 Å². The molecule has 0 bridgehead atoms. The highest BCUT2D eigenvalue weighted by Crippen LogP contribution is 2.34. The zero-order valence-electron chi connectivity index (χ0n) is 10.5. The van der Waals surface area contributed by atoms with E-state index in [1.807, 2.05) is 4.90 Å². The van der Waals surface area contributed by atoms with E-state index in [4.69, 9.17) is 0 Å². The van der Waals surface area contributed by atoms with Gasteiger partial charge in [0.25, 0.3) is 0 Å². The number of hydrogen-bond acceptors (Lipinski definition) is 3. The summed E-state index contributed by atoms with van der Waals surface area (Å²) >= 11 is 0. The lowest BCUT2D eigenvalue weighted by Gasteiger charge is -2.26. The maximum absolute atomic E-state index is 12.4. The van der Waals surface area contributed by atoms with Crippen LogP contribution in [0.2, 0.25) is 0 Å². The Morgan fingerprint density at radius 2 is 2.11 bits per heavy atom. The van der Waals surface area contributed by atoms with Crippen molar-refractivity contribution < 1.29 is 14.7 Å². The summed E-state index contributed by atoms with van der Waals surface area (Å²) in [5.74, 6) is 0.0314. The molecule has 0 aromatic carbocycles. The molecule has 0 radical (unpaired) electrons. The zero-order chi connectivity index (χ0) is 12.7. The third kappa shape index (κ3) is 2.00. The molecule has 3 aliphatic rings. The summed E-state index contributed by atoms with van der Waals surface area (Å²) in [6.07, 6.45) is 4.40. The fourth-order valence-corrected chi connectivity index (χ4v) is 3.19. The molecule has 1 saturated carbocycles. The highest BCUT2D eigenvalue weighted by atomic mass is 16.3. The van der Waals surface area contributed by atoms with Crippen LogP contribution in [0, 0.1) is 5.92 Å². The van der Waals surface area contributed by atoms with Crippen LogP contribution in [-0.2, 0) is 9.59 Å². The van der Waals surface area contributed by atoms with Crippen molar-refractivity contribution in [3.05, 3.63) is 0 Å². The fourth-order valence-electron chi connectivity index (χ4n) is 3.19. The number of hydrogen-bond donors (Lipinski definition) is 1. The second-order valence-electron chi connectivity index (χ2n) is 5.69. The second-order valence-corrected chi connectivity index (χ2v) is 5.69. The minimum Gasteiger partial charge on any atom is -0.394 e. The van der Waals surface area contributed by atoms with Gasteiger partial charge in [0.2, 0.25) is 11.8 Å². The van der Waals surface area contributed by atoms with Crippen LogP contribution in [0.15, 0.2) is 0 Å². The molecule has 0 aromatic rings. The highest BCUT2D eigenvalue weighted by molar-refractivity contribution is 5.89. The molecule has 2 amide bonds. The van der Waals surface area contributed by atoms with Crippen molar-refractivity contribution in [2.75, 3.05) is 19.7 Å². The topological polar surface area (TPSA) is 60.9 Å².